The summed E-state index contributed by atoms with van der Waals surface area (Å²) in [5, 5.41) is 3.68. The van der Waals surface area contributed by atoms with Crippen molar-refractivity contribution in [1.82, 2.24) is 5.32 Å². The average Bonchev–Trinajstić information content (AvgIpc) is 2.61. The lowest BCUT2D eigenvalue weighted by atomic mass is 9.80. The molecule has 3 aliphatic rings. The van der Waals surface area contributed by atoms with Gasteiger partial charge in [-0.25, -0.2) is 0 Å². The molecule has 2 aliphatic carbocycles. The zero-order valence-electron chi connectivity index (χ0n) is 10.6. The predicted octanol–water partition coefficient (Wildman–Crippen LogP) is 2.87. The molecule has 0 bridgehead atoms. The Bertz CT molecular complexity index is 254. The van der Waals surface area contributed by atoms with E-state index in [9.17, 15) is 0 Å². The van der Waals surface area contributed by atoms with Crippen molar-refractivity contribution in [2.24, 2.45) is 5.92 Å². The molecule has 0 aromatic carbocycles. The maximum Gasteiger partial charge on any atom is 0.0839 e. The standard InChI is InChI=1S/C14H25NO/c1-12-6-5-9-14(12)11-15-10-13(16-14)7-3-2-4-8-13/h12,15H,2-11H2,1H3. The van der Waals surface area contributed by atoms with Crippen molar-refractivity contribution in [2.75, 3.05) is 13.1 Å². The van der Waals surface area contributed by atoms with Gasteiger partial charge in [-0.05, 0) is 31.6 Å². The first-order valence-corrected chi connectivity index (χ1v) is 7.16. The first kappa shape index (κ1) is 11.0. The lowest BCUT2D eigenvalue weighted by Gasteiger charge is -2.51. The van der Waals surface area contributed by atoms with Crippen LogP contribution < -0.4 is 5.32 Å². The maximum absolute atomic E-state index is 6.71. The third-order valence-corrected chi connectivity index (χ3v) is 5.19. The minimum atomic E-state index is 0.190. The summed E-state index contributed by atoms with van der Waals surface area (Å²) in [6.45, 7) is 4.58. The van der Waals surface area contributed by atoms with Crippen molar-refractivity contribution in [2.45, 2.75) is 69.5 Å². The molecule has 0 amide bonds. The Morgan fingerprint density at radius 2 is 1.81 bits per heavy atom. The molecule has 92 valence electrons. The van der Waals surface area contributed by atoms with E-state index < -0.39 is 0 Å². The van der Waals surface area contributed by atoms with Crippen LogP contribution in [0.15, 0.2) is 0 Å². The Hall–Kier alpha value is -0.0800. The number of rotatable bonds is 0. The second-order valence-corrected chi connectivity index (χ2v) is 6.31. The molecule has 3 rings (SSSR count). The van der Waals surface area contributed by atoms with Crippen LogP contribution in [0.5, 0.6) is 0 Å². The van der Waals surface area contributed by atoms with Gasteiger partial charge < -0.3 is 10.1 Å². The molecule has 1 aliphatic heterocycles. The van der Waals surface area contributed by atoms with Gasteiger partial charge in [-0.2, -0.15) is 0 Å². The summed E-state index contributed by atoms with van der Waals surface area (Å²) >= 11 is 0. The Balaban J connectivity index is 1.78. The first-order valence-electron chi connectivity index (χ1n) is 7.16. The van der Waals surface area contributed by atoms with Gasteiger partial charge in [0.1, 0.15) is 0 Å². The molecule has 0 aromatic heterocycles. The summed E-state index contributed by atoms with van der Waals surface area (Å²) in [6, 6.07) is 0. The van der Waals surface area contributed by atoms with E-state index in [1.807, 2.05) is 0 Å². The van der Waals surface area contributed by atoms with E-state index in [2.05, 4.69) is 12.2 Å². The molecule has 2 atom stereocenters. The summed E-state index contributed by atoms with van der Waals surface area (Å²) in [4.78, 5) is 0. The van der Waals surface area contributed by atoms with Crippen LogP contribution in [0.1, 0.15) is 58.3 Å². The fraction of sp³-hybridized carbons (Fsp3) is 1.00. The molecule has 0 radical (unpaired) electrons. The van der Waals surface area contributed by atoms with E-state index in [0.717, 1.165) is 19.0 Å². The molecule has 16 heavy (non-hydrogen) atoms. The summed E-state index contributed by atoms with van der Waals surface area (Å²) in [5.74, 6) is 0.749. The zero-order chi connectivity index (χ0) is 11.1. The van der Waals surface area contributed by atoms with Gasteiger partial charge in [0.2, 0.25) is 0 Å². The topological polar surface area (TPSA) is 21.3 Å². The van der Waals surface area contributed by atoms with E-state index in [1.54, 1.807) is 0 Å². The Morgan fingerprint density at radius 1 is 1.00 bits per heavy atom. The highest BCUT2D eigenvalue weighted by molar-refractivity contribution is 5.02. The molecule has 2 unspecified atom stereocenters. The predicted molar refractivity (Wildman–Crippen MR) is 65.5 cm³/mol. The molecule has 2 spiro atoms. The number of hydrogen-bond acceptors (Lipinski definition) is 2. The van der Waals surface area contributed by atoms with Crippen molar-refractivity contribution >= 4 is 0 Å². The second-order valence-electron chi connectivity index (χ2n) is 6.31. The Morgan fingerprint density at radius 3 is 2.50 bits per heavy atom. The number of ether oxygens (including phenoxy) is 1. The van der Waals surface area contributed by atoms with E-state index in [1.165, 1.54) is 51.4 Å². The first-order chi connectivity index (χ1) is 7.75. The van der Waals surface area contributed by atoms with E-state index in [-0.39, 0.29) is 11.2 Å². The van der Waals surface area contributed by atoms with Crippen LogP contribution in [-0.2, 0) is 4.74 Å². The monoisotopic (exact) mass is 223 g/mol. The van der Waals surface area contributed by atoms with Crippen LogP contribution in [0.3, 0.4) is 0 Å². The quantitative estimate of drug-likeness (QED) is 0.682. The smallest absolute Gasteiger partial charge is 0.0839 e. The Labute approximate surface area is 99.1 Å². The average molecular weight is 223 g/mol. The molecule has 3 fully saturated rings. The van der Waals surface area contributed by atoms with Crippen LogP contribution in [0.4, 0.5) is 0 Å². The summed E-state index contributed by atoms with van der Waals surface area (Å²) < 4.78 is 6.71. The molecule has 2 heteroatoms. The fourth-order valence-corrected chi connectivity index (χ4v) is 4.11. The zero-order valence-corrected chi connectivity index (χ0v) is 10.6. The summed E-state index contributed by atoms with van der Waals surface area (Å²) in [5.41, 5.74) is 0.394. The van der Waals surface area contributed by atoms with Gasteiger partial charge in [0.15, 0.2) is 0 Å². The van der Waals surface area contributed by atoms with Crippen LogP contribution in [-0.4, -0.2) is 24.3 Å². The lowest BCUT2D eigenvalue weighted by Crippen LogP contribution is -2.62. The molecular formula is C14H25NO. The van der Waals surface area contributed by atoms with Crippen molar-refractivity contribution in [1.29, 1.82) is 0 Å². The van der Waals surface area contributed by atoms with E-state index in [4.69, 9.17) is 4.74 Å². The SMILES string of the molecule is CC1CCCC12CNCC1(CCCCC1)O2. The minimum absolute atomic E-state index is 0.190. The lowest BCUT2D eigenvalue weighted by molar-refractivity contribution is -0.203. The van der Waals surface area contributed by atoms with Gasteiger partial charge in [0.05, 0.1) is 11.2 Å². The third-order valence-electron chi connectivity index (χ3n) is 5.19. The van der Waals surface area contributed by atoms with Crippen LogP contribution >= 0.6 is 0 Å². The van der Waals surface area contributed by atoms with Crippen LogP contribution in [0, 0.1) is 5.92 Å². The van der Waals surface area contributed by atoms with Gasteiger partial charge in [-0.15, -0.1) is 0 Å². The minimum Gasteiger partial charge on any atom is -0.366 e. The number of morpholine rings is 1. The molecule has 1 heterocycles. The van der Waals surface area contributed by atoms with Crippen molar-refractivity contribution in [3.05, 3.63) is 0 Å². The highest BCUT2D eigenvalue weighted by Crippen LogP contribution is 2.46. The molecular weight excluding hydrogens is 198 g/mol. The highest BCUT2D eigenvalue weighted by Gasteiger charge is 2.50. The van der Waals surface area contributed by atoms with Gasteiger partial charge in [-0.3, -0.25) is 0 Å². The van der Waals surface area contributed by atoms with Crippen molar-refractivity contribution in [3.8, 4) is 0 Å². The van der Waals surface area contributed by atoms with E-state index >= 15 is 0 Å². The Kier molecular flexibility index (Phi) is 2.75. The van der Waals surface area contributed by atoms with Crippen molar-refractivity contribution < 1.29 is 4.74 Å². The van der Waals surface area contributed by atoms with Gasteiger partial charge in [-0.1, -0.05) is 32.6 Å². The molecule has 2 saturated carbocycles. The highest BCUT2D eigenvalue weighted by atomic mass is 16.5. The van der Waals surface area contributed by atoms with Gasteiger partial charge >= 0.3 is 0 Å². The molecule has 1 N–H and O–H groups in total. The fourth-order valence-electron chi connectivity index (χ4n) is 4.11. The third kappa shape index (κ3) is 1.70. The van der Waals surface area contributed by atoms with Gasteiger partial charge in [0.25, 0.3) is 0 Å². The van der Waals surface area contributed by atoms with E-state index in [0.29, 0.717) is 0 Å². The summed E-state index contributed by atoms with van der Waals surface area (Å²) in [6.07, 6.45) is 10.7. The van der Waals surface area contributed by atoms with Gasteiger partial charge in [0, 0.05) is 13.1 Å². The van der Waals surface area contributed by atoms with Crippen LogP contribution in [0.2, 0.25) is 0 Å². The summed E-state index contributed by atoms with van der Waals surface area (Å²) in [7, 11) is 0. The van der Waals surface area contributed by atoms with Crippen molar-refractivity contribution in [3.63, 3.8) is 0 Å². The molecule has 2 nitrogen and oxygen atoms in total. The maximum atomic E-state index is 6.71. The molecule has 0 aromatic rings. The number of nitrogens with one attached hydrogen (secondary N) is 1. The number of hydrogen-bond donors (Lipinski definition) is 1. The normalized spacial score (nSPS) is 42.9. The largest absolute Gasteiger partial charge is 0.366 e. The van der Waals surface area contributed by atoms with Crippen LogP contribution in [0.25, 0.3) is 0 Å². The molecule has 1 saturated heterocycles. The second kappa shape index (κ2) is 3.99.